The molecule has 3 nitrogen and oxygen atoms in total. The van der Waals surface area contributed by atoms with E-state index in [1.165, 1.54) is 30.3 Å². The number of hydrogen-bond donors (Lipinski definition) is 0. The summed E-state index contributed by atoms with van der Waals surface area (Å²) in [5.41, 5.74) is 2.36. The molecule has 6 heteroatoms. The van der Waals surface area contributed by atoms with Gasteiger partial charge in [0.25, 0.3) is 0 Å². The van der Waals surface area contributed by atoms with E-state index in [2.05, 4.69) is 9.80 Å². The molecule has 0 bridgehead atoms. The maximum atomic E-state index is 14.0. The predicted molar refractivity (Wildman–Crippen MR) is 125 cm³/mol. The molecular weight excluding hydrogens is 425 g/mol. The summed E-state index contributed by atoms with van der Waals surface area (Å²) in [5.74, 6) is -0.765. The number of benzene rings is 3. The first-order chi connectivity index (χ1) is 16.1. The van der Waals surface area contributed by atoms with E-state index in [0.717, 1.165) is 56.7 Å². The molecule has 1 saturated heterocycles. The van der Waals surface area contributed by atoms with Gasteiger partial charge in [-0.2, -0.15) is 0 Å². The first-order valence-corrected chi connectivity index (χ1v) is 11.4. The topological polar surface area (TPSA) is 15.7 Å². The van der Waals surface area contributed by atoms with Gasteiger partial charge in [-0.1, -0.05) is 36.4 Å². The van der Waals surface area contributed by atoms with Crippen molar-refractivity contribution < 1.29 is 17.9 Å². The molecule has 0 unspecified atom stereocenters. The molecule has 1 aliphatic rings. The summed E-state index contributed by atoms with van der Waals surface area (Å²) >= 11 is 0. The molecule has 174 valence electrons. The molecule has 1 fully saturated rings. The fourth-order valence-corrected chi connectivity index (χ4v) is 4.22. The van der Waals surface area contributed by atoms with Crippen LogP contribution in [0.25, 0.3) is 0 Å². The van der Waals surface area contributed by atoms with Crippen LogP contribution in [0.3, 0.4) is 0 Å². The summed E-state index contributed by atoms with van der Waals surface area (Å²) < 4.78 is 46.9. The van der Waals surface area contributed by atoms with E-state index < -0.39 is 0 Å². The lowest BCUT2D eigenvalue weighted by Gasteiger charge is -2.36. The summed E-state index contributed by atoms with van der Waals surface area (Å²) in [6.07, 6.45) is 1.50. The Morgan fingerprint density at radius 2 is 1.27 bits per heavy atom. The molecular formula is C27H29F3N2O. The molecule has 1 aliphatic heterocycles. The minimum atomic E-state index is -0.365. The number of para-hydroxylation sites is 1. The first-order valence-electron chi connectivity index (χ1n) is 11.4. The number of halogens is 3. The second-order valence-electron chi connectivity index (χ2n) is 8.34. The van der Waals surface area contributed by atoms with Crippen molar-refractivity contribution in [3.05, 3.63) is 101 Å². The Morgan fingerprint density at radius 1 is 0.697 bits per heavy atom. The molecule has 0 N–H and O–H groups in total. The lowest BCUT2D eigenvalue weighted by Crippen LogP contribution is -2.46. The van der Waals surface area contributed by atoms with E-state index in [1.807, 2.05) is 12.1 Å². The number of anilines is 1. The Bertz CT molecular complexity index is 957. The summed E-state index contributed by atoms with van der Waals surface area (Å²) in [4.78, 5) is 4.50. The average molecular weight is 455 g/mol. The molecule has 4 rings (SSSR count). The fourth-order valence-electron chi connectivity index (χ4n) is 4.22. The Morgan fingerprint density at radius 3 is 1.85 bits per heavy atom. The maximum absolute atomic E-state index is 14.0. The van der Waals surface area contributed by atoms with Gasteiger partial charge in [0, 0.05) is 32.8 Å². The average Bonchev–Trinajstić information content (AvgIpc) is 2.84. The highest BCUT2D eigenvalue weighted by Gasteiger charge is 2.19. The quantitative estimate of drug-likeness (QED) is 0.380. The molecule has 3 aromatic carbocycles. The van der Waals surface area contributed by atoms with Crippen LogP contribution in [0, 0.1) is 17.5 Å². The van der Waals surface area contributed by atoms with Crippen LogP contribution in [-0.4, -0.2) is 44.2 Å². The van der Waals surface area contributed by atoms with Crippen molar-refractivity contribution in [1.82, 2.24) is 4.90 Å². The van der Waals surface area contributed by atoms with Gasteiger partial charge >= 0.3 is 0 Å². The van der Waals surface area contributed by atoms with Gasteiger partial charge in [-0.25, -0.2) is 13.2 Å². The highest BCUT2D eigenvalue weighted by atomic mass is 19.1. The van der Waals surface area contributed by atoms with Gasteiger partial charge in [0.15, 0.2) is 0 Å². The van der Waals surface area contributed by atoms with Crippen molar-refractivity contribution >= 4 is 5.69 Å². The monoisotopic (exact) mass is 454 g/mol. The van der Waals surface area contributed by atoms with Gasteiger partial charge in [-0.05, 0) is 66.9 Å². The van der Waals surface area contributed by atoms with Crippen molar-refractivity contribution in [1.29, 1.82) is 0 Å². The molecule has 0 aliphatic carbocycles. The molecule has 0 radical (unpaired) electrons. The summed E-state index contributed by atoms with van der Waals surface area (Å²) in [5, 5.41) is 0. The third-order valence-electron chi connectivity index (χ3n) is 6.06. The number of nitrogens with zero attached hydrogens (tertiary/aromatic N) is 2. The highest BCUT2D eigenvalue weighted by Crippen LogP contribution is 2.27. The lowest BCUT2D eigenvalue weighted by atomic mass is 10.0. The second kappa shape index (κ2) is 11.3. The summed E-state index contributed by atoms with van der Waals surface area (Å²) in [6.45, 7) is 4.95. The largest absolute Gasteiger partial charge is 0.369 e. The summed E-state index contributed by atoms with van der Waals surface area (Å²) in [7, 11) is 0. The first kappa shape index (κ1) is 23.3. The van der Waals surface area contributed by atoms with Gasteiger partial charge in [0.2, 0.25) is 0 Å². The zero-order chi connectivity index (χ0) is 23.0. The predicted octanol–water partition coefficient (Wildman–Crippen LogP) is 5.81. The van der Waals surface area contributed by atoms with E-state index in [9.17, 15) is 13.2 Å². The molecule has 33 heavy (non-hydrogen) atoms. The zero-order valence-electron chi connectivity index (χ0n) is 18.6. The lowest BCUT2D eigenvalue weighted by molar-refractivity contribution is 0.0750. The molecule has 1 heterocycles. The Kier molecular flexibility index (Phi) is 8.02. The van der Waals surface area contributed by atoms with Crippen LogP contribution < -0.4 is 4.90 Å². The smallest absolute Gasteiger partial charge is 0.146 e. The zero-order valence-corrected chi connectivity index (χ0v) is 18.6. The molecule has 0 spiro atoms. The van der Waals surface area contributed by atoms with Gasteiger partial charge in [0.05, 0.1) is 5.69 Å². The third kappa shape index (κ3) is 6.36. The van der Waals surface area contributed by atoms with Crippen molar-refractivity contribution in [2.75, 3.05) is 44.2 Å². The number of piperazine rings is 1. The van der Waals surface area contributed by atoms with E-state index in [-0.39, 0.29) is 23.6 Å². The minimum absolute atomic E-state index is 0.167. The second-order valence-corrected chi connectivity index (χ2v) is 8.34. The fraction of sp³-hybridized carbons (Fsp3) is 0.333. The Labute approximate surface area is 193 Å². The van der Waals surface area contributed by atoms with E-state index in [4.69, 9.17) is 4.74 Å². The van der Waals surface area contributed by atoms with Crippen LogP contribution in [0.4, 0.5) is 18.9 Å². The van der Waals surface area contributed by atoms with Gasteiger partial charge in [0.1, 0.15) is 23.6 Å². The van der Waals surface area contributed by atoms with Crippen LogP contribution in [0.5, 0.6) is 0 Å². The van der Waals surface area contributed by atoms with Crippen molar-refractivity contribution in [3.8, 4) is 0 Å². The van der Waals surface area contributed by atoms with E-state index >= 15 is 0 Å². The number of hydrogen-bond acceptors (Lipinski definition) is 3. The molecule has 0 atom stereocenters. The van der Waals surface area contributed by atoms with E-state index in [0.29, 0.717) is 12.3 Å². The van der Waals surface area contributed by atoms with Crippen LogP contribution >= 0.6 is 0 Å². The van der Waals surface area contributed by atoms with Gasteiger partial charge < -0.3 is 9.64 Å². The van der Waals surface area contributed by atoms with Crippen molar-refractivity contribution in [2.24, 2.45) is 0 Å². The number of unbranched alkanes of at least 4 members (excludes halogenated alkanes) is 1. The standard InChI is InChI=1S/C27H29F3N2O/c28-23-11-7-21(8-12-23)27(22-9-13-24(29)14-10-22)33-20-4-3-15-31-16-18-32(19-17-31)26-6-2-1-5-25(26)30/h1-2,5-14,27H,3-4,15-20H2. The third-order valence-corrected chi connectivity index (χ3v) is 6.06. The molecule has 3 aromatic rings. The SMILES string of the molecule is Fc1ccc(C(OCCCCN2CCN(c3ccccc3F)CC2)c2ccc(F)cc2)cc1. The van der Waals surface area contributed by atoms with Crippen LogP contribution in [0.2, 0.25) is 0 Å². The minimum Gasteiger partial charge on any atom is -0.369 e. The Balaban J connectivity index is 1.23. The molecule has 0 saturated carbocycles. The van der Waals surface area contributed by atoms with Gasteiger partial charge in [-0.15, -0.1) is 0 Å². The molecule has 0 aromatic heterocycles. The Hall–Kier alpha value is -2.83. The normalized spacial score (nSPS) is 14.7. The van der Waals surface area contributed by atoms with Gasteiger partial charge in [-0.3, -0.25) is 4.90 Å². The number of rotatable bonds is 9. The van der Waals surface area contributed by atoms with Crippen molar-refractivity contribution in [3.63, 3.8) is 0 Å². The van der Waals surface area contributed by atoms with Crippen molar-refractivity contribution in [2.45, 2.75) is 18.9 Å². The van der Waals surface area contributed by atoms with E-state index in [1.54, 1.807) is 30.3 Å². The summed E-state index contributed by atoms with van der Waals surface area (Å²) in [6, 6.07) is 19.4. The molecule has 0 amide bonds. The van der Waals surface area contributed by atoms with Crippen LogP contribution in [0.15, 0.2) is 72.8 Å². The maximum Gasteiger partial charge on any atom is 0.146 e. The van der Waals surface area contributed by atoms with Crippen LogP contribution in [-0.2, 0) is 4.74 Å². The van der Waals surface area contributed by atoms with Crippen LogP contribution in [0.1, 0.15) is 30.1 Å². The highest BCUT2D eigenvalue weighted by molar-refractivity contribution is 5.48. The number of ether oxygens (including phenoxy) is 1.